The summed E-state index contributed by atoms with van der Waals surface area (Å²) < 4.78 is 0. The van der Waals surface area contributed by atoms with Crippen LogP contribution in [0.25, 0.3) is 11.1 Å². The van der Waals surface area contributed by atoms with Crippen LogP contribution in [0.1, 0.15) is 18.3 Å². The van der Waals surface area contributed by atoms with Gasteiger partial charge in [-0.1, -0.05) is 31.2 Å². The quantitative estimate of drug-likeness (QED) is 0.850. The van der Waals surface area contributed by atoms with Crippen LogP contribution in [0, 0.1) is 0 Å². The first kappa shape index (κ1) is 10.8. The van der Waals surface area contributed by atoms with Crippen LogP contribution in [0.15, 0.2) is 36.7 Å². The molecule has 2 N–H and O–H groups in total. The predicted molar refractivity (Wildman–Crippen MR) is 64.7 cm³/mol. The number of hydrogen-bond acceptors (Lipinski definition) is 3. The van der Waals surface area contributed by atoms with Crippen molar-refractivity contribution in [3.63, 3.8) is 0 Å². The Morgan fingerprint density at radius 2 is 1.62 bits per heavy atom. The van der Waals surface area contributed by atoms with Gasteiger partial charge in [-0.15, -0.1) is 0 Å². The Bertz CT molecular complexity index is 400. The van der Waals surface area contributed by atoms with E-state index < -0.39 is 0 Å². The van der Waals surface area contributed by atoms with Gasteiger partial charge in [-0.2, -0.15) is 0 Å². The number of hydrogen-bond donors (Lipinski definition) is 1. The van der Waals surface area contributed by atoms with Crippen molar-refractivity contribution < 1.29 is 0 Å². The number of nitrogens with two attached hydrogens (primary N) is 1. The zero-order chi connectivity index (χ0) is 11.4. The van der Waals surface area contributed by atoms with E-state index in [2.05, 4.69) is 9.97 Å². The third-order valence-electron chi connectivity index (χ3n) is 2.54. The second kappa shape index (κ2) is 4.86. The first-order chi connectivity index (χ1) is 7.83. The molecule has 2 aromatic rings. The molecule has 0 unspecified atom stereocenters. The van der Waals surface area contributed by atoms with Gasteiger partial charge in [-0.25, -0.2) is 9.97 Å². The summed E-state index contributed by atoms with van der Waals surface area (Å²) in [7, 11) is 0. The first-order valence-electron chi connectivity index (χ1n) is 5.43. The van der Waals surface area contributed by atoms with E-state index in [1.54, 1.807) is 0 Å². The van der Waals surface area contributed by atoms with Gasteiger partial charge in [0.2, 0.25) is 0 Å². The second-order valence-electron chi connectivity index (χ2n) is 3.64. The topological polar surface area (TPSA) is 51.8 Å². The number of aromatic nitrogens is 2. The summed E-state index contributed by atoms with van der Waals surface area (Å²) in [6.07, 6.45) is 4.60. The van der Waals surface area contributed by atoms with E-state index in [0.29, 0.717) is 6.54 Å². The minimum Gasteiger partial charge on any atom is -0.326 e. The normalized spacial score (nSPS) is 10.4. The lowest BCUT2D eigenvalue weighted by atomic mass is 10.1. The molecule has 1 aromatic carbocycles. The number of benzene rings is 1. The summed E-state index contributed by atoms with van der Waals surface area (Å²) in [5, 5.41) is 0. The molecule has 2 rings (SSSR count). The molecule has 82 valence electrons. The molecule has 0 saturated heterocycles. The fourth-order valence-electron chi connectivity index (χ4n) is 1.52. The number of rotatable bonds is 3. The van der Waals surface area contributed by atoms with Gasteiger partial charge in [0, 0.05) is 30.9 Å². The van der Waals surface area contributed by atoms with Crippen molar-refractivity contribution >= 4 is 0 Å². The van der Waals surface area contributed by atoms with Crippen molar-refractivity contribution in [1.29, 1.82) is 0 Å². The van der Waals surface area contributed by atoms with Gasteiger partial charge in [0.25, 0.3) is 0 Å². The summed E-state index contributed by atoms with van der Waals surface area (Å²) in [5.74, 6) is 0.877. The third-order valence-corrected chi connectivity index (χ3v) is 2.54. The fourth-order valence-corrected chi connectivity index (χ4v) is 1.52. The SMILES string of the molecule is CCc1ncc(-c2ccc(CN)cc2)cn1. The van der Waals surface area contributed by atoms with Gasteiger partial charge >= 0.3 is 0 Å². The zero-order valence-electron chi connectivity index (χ0n) is 9.35. The van der Waals surface area contributed by atoms with Crippen molar-refractivity contribution in [3.8, 4) is 11.1 Å². The minimum absolute atomic E-state index is 0.575. The Kier molecular flexibility index (Phi) is 3.27. The molecule has 1 aromatic heterocycles. The lowest BCUT2D eigenvalue weighted by Crippen LogP contribution is -1.95. The molecule has 0 radical (unpaired) electrons. The van der Waals surface area contributed by atoms with Gasteiger partial charge in [0.1, 0.15) is 5.82 Å². The monoisotopic (exact) mass is 213 g/mol. The van der Waals surface area contributed by atoms with Crippen LogP contribution in [0.5, 0.6) is 0 Å². The summed E-state index contributed by atoms with van der Waals surface area (Å²) in [4.78, 5) is 8.56. The minimum atomic E-state index is 0.575. The number of aryl methyl sites for hydroxylation is 1. The van der Waals surface area contributed by atoms with Crippen molar-refractivity contribution in [1.82, 2.24) is 9.97 Å². The molecule has 0 atom stereocenters. The first-order valence-corrected chi connectivity index (χ1v) is 5.43. The maximum Gasteiger partial charge on any atom is 0.127 e. The molecule has 0 spiro atoms. The van der Waals surface area contributed by atoms with Crippen LogP contribution in [0.3, 0.4) is 0 Å². The van der Waals surface area contributed by atoms with E-state index in [-0.39, 0.29) is 0 Å². The van der Waals surface area contributed by atoms with Gasteiger partial charge in [0.05, 0.1) is 0 Å². The van der Waals surface area contributed by atoms with Crippen LogP contribution in [0.4, 0.5) is 0 Å². The average Bonchev–Trinajstić information content (AvgIpc) is 2.39. The van der Waals surface area contributed by atoms with Gasteiger partial charge < -0.3 is 5.73 Å². The standard InChI is InChI=1S/C13H15N3/c1-2-13-15-8-12(9-16-13)11-5-3-10(7-14)4-6-11/h3-6,8-9H,2,7,14H2,1H3. The van der Waals surface area contributed by atoms with Crippen molar-refractivity contribution in [2.45, 2.75) is 19.9 Å². The largest absolute Gasteiger partial charge is 0.326 e. The van der Waals surface area contributed by atoms with Crippen LogP contribution in [-0.4, -0.2) is 9.97 Å². The van der Waals surface area contributed by atoms with Crippen molar-refractivity contribution in [2.24, 2.45) is 5.73 Å². The summed E-state index contributed by atoms with van der Waals surface area (Å²) in [6.45, 7) is 2.62. The van der Waals surface area contributed by atoms with E-state index >= 15 is 0 Å². The van der Waals surface area contributed by atoms with E-state index in [1.165, 1.54) is 0 Å². The molecule has 0 aliphatic rings. The summed E-state index contributed by atoms with van der Waals surface area (Å²) in [5.41, 5.74) is 8.85. The molecule has 0 amide bonds. The molecular weight excluding hydrogens is 198 g/mol. The molecule has 3 nitrogen and oxygen atoms in total. The molecule has 0 aliphatic carbocycles. The van der Waals surface area contributed by atoms with E-state index in [4.69, 9.17) is 5.73 Å². The van der Waals surface area contributed by atoms with Crippen molar-refractivity contribution in [2.75, 3.05) is 0 Å². The second-order valence-corrected chi connectivity index (χ2v) is 3.64. The molecule has 16 heavy (non-hydrogen) atoms. The Balaban J connectivity index is 2.28. The fraction of sp³-hybridized carbons (Fsp3) is 0.231. The van der Waals surface area contributed by atoms with Gasteiger partial charge in [-0.05, 0) is 11.1 Å². The molecule has 0 saturated carbocycles. The van der Waals surface area contributed by atoms with E-state index in [0.717, 1.165) is 28.9 Å². The molecule has 0 fully saturated rings. The van der Waals surface area contributed by atoms with Gasteiger partial charge in [0.15, 0.2) is 0 Å². The highest BCUT2D eigenvalue weighted by atomic mass is 14.9. The lowest BCUT2D eigenvalue weighted by Gasteiger charge is -2.03. The average molecular weight is 213 g/mol. The summed E-state index contributed by atoms with van der Waals surface area (Å²) in [6, 6.07) is 8.16. The highest BCUT2D eigenvalue weighted by Gasteiger charge is 1.99. The van der Waals surface area contributed by atoms with Crippen LogP contribution in [-0.2, 0) is 13.0 Å². The third kappa shape index (κ3) is 2.25. The van der Waals surface area contributed by atoms with Crippen LogP contribution in [0.2, 0.25) is 0 Å². The number of nitrogens with zero attached hydrogens (tertiary/aromatic N) is 2. The highest BCUT2D eigenvalue weighted by Crippen LogP contribution is 2.17. The van der Waals surface area contributed by atoms with E-state index in [9.17, 15) is 0 Å². The van der Waals surface area contributed by atoms with Crippen LogP contribution >= 0.6 is 0 Å². The highest BCUT2D eigenvalue weighted by molar-refractivity contribution is 5.61. The Hall–Kier alpha value is -1.74. The smallest absolute Gasteiger partial charge is 0.127 e. The Morgan fingerprint density at radius 1 is 1.00 bits per heavy atom. The molecule has 3 heteroatoms. The maximum atomic E-state index is 5.55. The Morgan fingerprint density at radius 3 is 2.12 bits per heavy atom. The van der Waals surface area contributed by atoms with Crippen LogP contribution < -0.4 is 5.73 Å². The summed E-state index contributed by atoms with van der Waals surface area (Å²) >= 11 is 0. The maximum absolute atomic E-state index is 5.55. The Labute approximate surface area is 95.4 Å². The molecule has 1 heterocycles. The van der Waals surface area contributed by atoms with Gasteiger partial charge in [-0.3, -0.25) is 0 Å². The molecular formula is C13H15N3. The zero-order valence-corrected chi connectivity index (χ0v) is 9.35. The lowest BCUT2D eigenvalue weighted by molar-refractivity contribution is 0.941. The van der Waals surface area contributed by atoms with E-state index in [1.807, 2.05) is 43.6 Å². The van der Waals surface area contributed by atoms with Crippen molar-refractivity contribution in [3.05, 3.63) is 48.0 Å². The molecule has 0 aliphatic heterocycles. The molecule has 0 bridgehead atoms. The predicted octanol–water partition coefficient (Wildman–Crippen LogP) is 2.16.